The first-order chi connectivity index (χ1) is 14.6. The van der Waals surface area contributed by atoms with E-state index in [1.54, 1.807) is 62.6 Å². The lowest BCUT2D eigenvalue weighted by Gasteiger charge is -2.31. The zero-order chi connectivity index (χ0) is 23.2. The molecule has 1 atom stereocenters. The maximum absolute atomic E-state index is 13.2. The quantitative estimate of drug-likeness (QED) is 0.634. The number of hydrogen-bond acceptors (Lipinski definition) is 5. The second kappa shape index (κ2) is 10.3. The van der Waals surface area contributed by atoms with Crippen LogP contribution in [0.15, 0.2) is 48.5 Å². The number of carbonyl (C=O) groups excluding carboxylic acids is 2. The zero-order valence-corrected chi connectivity index (χ0v) is 19.3. The SMILES string of the molecule is CNC(=O)[C@H](C)N(Cc1ccc(OC)cc1)C(=O)CN(c1ccc(C)cc1)S(C)(=O)=O. The third-order valence-electron chi connectivity index (χ3n) is 4.93. The maximum Gasteiger partial charge on any atom is 0.244 e. The van der Waals surface area contributed by atoms with E-state index in [1.807, 2.05) is 6.92 Å². The summed E-state index contributed by atoms with van der Waals surface area (Å²) in [6.07, 6.45) is 1.05. The average Bonchev–Trinajstić information content (AvgIpc) is 2.75. The number of carbonyl (C=O) groups is 2. The largest absolute Gasteiger partial charge is 0.497 e. The Kier molecular flexibility index (Phi) is 8.04. The van der Waals surface area contributed by atoms with E-state index in [2.05, 4.69) is 5.32 Å². The van der Waals surface area contributed by atoms with Gasteiger partial charge in [-0.2, -0.15) is 0 Å². The molecule has 0 aliphatic carbocycles. The van der Waals surface area contributed by atoms with Crippen LogP contribution < -0.4 is 14.4 Å². The van der Waals surface area contributed by atoms with Crippen LogP contribution >= 0.6 is 0 Å². The van der Waals surface area contributed by atoms with Crippen molar-refractivity contribution in [3.8, 4) is 5.75 Å². The molecule has 168 valence electrons. The van der Waals surface area contributed by atoms with Crippen molar-refractivity contribution in [1.29, 1.82) is 0 Å². The van der Waals surface area contributed by atoms with Crippen molar-refractivity contribution in [2.24, 2.45) is 0 Å². The van der Waals surface area contributed by atoms with Gasteiger partial charge in [-0.25, -0.2) is 8.42 Å². The van der Waals surface area contributed by atoms with Gasteiger partial charge in [0.05, 0.1) is 19.1 Å². The van der Waals surface area contributed by atoms with Gasteiger partial charge in [-0.05, 0) is 43.7 Å². The Balaban J connectivity index is 2.34. The highest BCUT2D eigenvalue weighted by Crippen LogP contribution is 2.20. The van der Waals surface area contributed by atoms with Crippen LogP contribution in [-0.4, -0.2) is 58.1 Å². The molecule has 2 aromatic rings. The van der Waals surface area contributed by atoms with Gasteiger partial charge in [0.25, 0.3) is 0 Å². The van der Waals surface area contributed by atoms with Crippen molar-refractivity contribution in [3.05, 3.63) is 59.7 Å². The number of amides is 2. The molecule has 9 heteroatoms. The molecule has 0 bridgehead atoms. The first-order valence-corrected chi connectivity index (χ1v) is 11.6. The Morgan fingerprint density at radius 2 is 1.65 bits per heavy atom. The minimum atomic E-state index is -3.72. The first kappa shape index (κ1) is 24.2. The molecule has 0 spiro atoms. The summed E-state index contributed by atoms with van der Waals surface area (Å²) in [7, 11) is -0.675. The third-order valence-corrected chi connectivity index (χ3v) is 6.07. The van der Waals surface area contributed by atoms with Gasteiger partial charge in [0, 0.05) is 13.6 Å². The lowest BCUT2D eigenvalue weighted by molar-refractivity contribution is -0.139. The Labute approximate surface area is 183 Å². The molecule has 0 heterocycles. The maximum atomic E-state index is 13.2. The highest BCUT2D eigenvalue weighted by atomic mass is 32.2. The van der Waals surface area contributed by atoms with Crippen molar-refractivity contribution in [1.82, 2.24) is 10.2 Å². The van der Waals surface area contributed by atoms with Crippen molar-refractivity contribution in [2.45, 2.75) is 26.4 Å². The van der Waals surface area contributed by atoms with Crippen LogP contribution in [0.4, 0.5) is 5.69 Å². The van der Waals surface area contributed by atoms with Gasteiger partial charge in [-0.15, -0.1) is 0 Å². The lowest BCUT2D eigenvalue weighted by Crippen LogP contribution is -2.50. The molecular weight excluding hydrogens is 418 g/mol. The highest BCUT2D eigenvalue weighted by Gasteiger charge is 2.29. The highest BCUT2D eigenvalue weighted by molar-refractivity contribution is 7.92. The number of hydrogen-bond donors (Lipinski definition) is 1. The summed E-state index contributed by atoms with van der Waals surface area (Å²) >= 11 is 0. The van der Waals surface area contributed by atoms with E-state index in [-0.39, 0.29) is 12.5 Å². The van der Waals surface area contributed by atoms with Crippen LogP contribution in [0.1, 0.15) is 18.1 Å². The van der Waals surface area contributed by atoms with E-state index in [0.29, 0.717) is 11.4 Å². The standard InChI is InChI=1S/C22H29N3O5S/c1-16-6-10-19(11-7-16)25(31(5,28)29)15-21(26)24(17(2)22(27)23-3)14-18-8-12-20(30-4)13-9-18/h6-13,17H,14-15H2,1-5H3,(H,23,27)/t17-/m0/s1. The molecule has 0 unspecified atom stereocenters. The number of sulfonamides is 1. The Morgan fingerprint density at radius 1 is 1.06 bits per heavy atom. The number of nitrogens with one attached hydrogen (secondary N) is 1. The van der Waals surface area contributed by atoms with E-state index in [1.165, 1.54) is 11.9 Å². The minimum Gasteiger partial charge on any atom is -0.497 e. The molecule has 1 N–H and O–H groups in total. The third kappa shape index (κ3) is 6.45. The summed E-state index contributed by atoms with van der Waals surface area (Å²) in [5.41, 5.74) is 2.14. The molecule has 0 fully saturated rings. The van der Waals surface area contributed by atoms with Crippen molar-refractivity contribution in [3.63, 3.8) is 0 Å². The van der Waals surface area contributed by atoms with Gasteiger partial charge in [0.2, 0.25) is 21.8 Å². The Hall–Kier alpha value is -3.07. The van der Waals surface area contributed by atoms with E-state index in [0.717, 1.165) is 21.7 Å². The summed E-state index contributed by atoms with van der Waals surface area (Å²) < 4.78 is 31.1. The number of benzene rings is 2. The summed E-state index contributed by atoms with van der Waals surface area (Å²) in [5, 5.41) is 2.54. The van der Waals surface area contributed by atoms with E-state index in [4.69, 9.17) is 4.74 Å². The number of aryl methyl sites for hydroxylation is 1. The van der Waals surface area contributed by atoms with Gasteiger partial charge in [0.1, 0.15) is 18.3 Å². The van der Waals surface area contributed by atoms with Gasteiger partial charge in [-0.3, -0.25) is 13.9 Å². The first-order valence-electron chi connectivity index (χ1n) is 9.75. The smallest absolute Gasteiger partial charge is 0.244 e. The molecule has 2 aromatic carbocycles. The average molecular weight is 448 g/mol. The van der Waals surface area contributed by atoms with E-state index in [9.17, 15) is 18.0 Å². The van der Waals surface area contributed by atoms with Crippen LogP contribution in [-0.2, 0) is 26.2 Å². The number of likely N-dealkylation sites (N-methyl/N-ethyl adjacent to an activating group) is 1. The molecule has 31 heavy (non-hydrogen) atoms. The number of nitrogens with zero attached hydrogens (tertiary/aromatic N) is 2. The Bertz CT molecular complexity index is 1000. The number of ether oxygens (including phenoxy) is 1. The lowest BCUT2D eigenvalue weighted by atomic mass is 10.1. The van der Waals surface area contributed by atoms with Crippen LogP contribution in [0.2, 0.25) is 0 Å². The summed E-state index contributed by atoms with van der Waals surface area (Å²) in [5.74, 6) is -0.162. The van der Waals surface area contributed by atoms with Crippen LogP contribution in [0.5, 0.6) is 5.75 Å². The molecule has 2 amide bonds. The van der Waals surface area contributed by atoms with Crippen LogP contribution in [0.25, 0.3) is 0 Å². The van der Waals surface area contributed by atoms with Gasteiger partial charge in [0.15, 0.2) is 0 Å². The molecule has 0 radical (unpaired) electrons. The molecule has 2 rings (SSSR count). The van der Waals surface area contributed by atoms with E-state index >= 15 is 0 Å². The van der Waals surface area contributed by atoms with Crippen molar-refractivity contribution >= 4 is 27.5 Å². The summed E-state index contributed by atoms with van der Waals surface area (Å²) in [4.78, 5) is 26.9. The summed E-state index contributed by atoms with van der Waals surface area (Å²) in [6.45, 7) is 3.22. The fourth-order valence-electron chi connectivity index (χ4n) is 3.04. The molecule has 8 nitrogen and oxygen atoms in total. The van der Waals surface area contributed by atoms with Crippen LogP contribution in [0, 0.1) is 6.92 Å². The monoisotopic (exact) mass is 447 g/mol. The normalized spacial score (nSPS) is 12.0. The van der Waals surface area contributed by atoms with Gasteiger partial charge < -0.3 is 15.0 Å². The number of rotatable bonds is 9. The molecule has 0 saturated carbocycles. The second-order valence-corrected chi connectivity index (χ2v) is 9.17. The number of anilines is 1. The zero-order valence-electron chi connectivity index (χ0n) is 18.5. The number of methoxy groups -OCH3 is 1. The van der Waals surface area contributed by atoms with Gasteiger partial charge >= 0.3 is 0 Å². The fraction of sp³-hybridized carbons (Fsp3) is 0.364. The molecule has 0 aliphatic heterocycles. The van der Waals surface area contributed by atoms with Crippen molar-refractivity contribution < 1.29 is 22.7 Å². The predicted molar refractivity (Wildman–Crippen MR) is 120 cm³/mol. The second-order valence-electron chi connectivity index (χ2n) is 7.27. The predicted octanol–water partition coefficient (Wildman–Crippen LogP) is 1.93. The van der Waals surface area contributed by atoms with Gasteiger partial charge in [-0.1, -0.05) is 29.8 Å². The topological polar surface area (TPSA) is 96.0 Å². The van der Waals surface area contributed by atoms with Crippen LogP contribution in [0.3, 0.4) is 0 Å². The molecule has 0 aliphatic rings. The minimum absolute atomic E-state index is 0.142. The summed E-state index contributed by atoms with van der Waals surface area (Å²) in [6, 6.07) is 13.2. The van der Waals surface area contributed by atoms with Crippen molar-refractivity contribution in [2.75, 3.05) is 31.3 Å². The molecular formula is C22H29N3O5S. The van der Waals surface area contributed by atoms with E-state index < -0.39 is 28.5 Å². The fourth-order valence-corrected chi connectivity index (χ4v) is 3.89. The molecule has 0 aromatic heterocycles. The molecule has 0 saturated heterocycles. The Morgan fingerprint density at radius 3 is 2.13 bits per heavy atom.